The highest BCUT2D eigenvalue weighted by atomic mass is 16.5. The molecule has 0 saturated carbocycles. The van der Waals surface area contributed by atoms with Crippen LogP contribution < -0.4 is 15.7 Å². The molecule has 2 aromatic heterocycles. The number of aromatic nitrogens is 3. The molecule has 0 bridgehead atoms. The molecule has 0 radical (unpaired) electrons. The van der Waals surface area contributed by atoms with Gasteiger partial charge in [-0.25, -0.2) is 4.68 Å². The highest BCUT2D eigenvalue weighted by molar-refractivity contribution is 6.00. The largest absolute Gasteiger partial charge is 0.497 e. The van der Waals surface area contributed by atoms with Crippen molar-refractivity contribution in [1.82, 2.24) is 14.9 Å². The van der Waals surface area contributed by atoms with Crippen molar-refractivity contribution in [3.05, 3.63) is 118 Å². The van der Waals surface area contributed by atoms with E-state index in [-0.39, 0.29) is 11.4 Å². The van der Waals surface area contributed by atoms with Gasteiger partial charge in [-0.1, -0.05) is 60.2 Å². The summed E-state index contributed by atoms with van der Waals surface area (Å²) >= 11 is 0. The molecule has 2 N–H and O–H groups in total. The number of ether oxygens (including phenoxy) is 1. The lowest BCUT2D eigenvalue weighted by Crippen LogP contribution is -2.34. The number of amides is 1. The second-order valence-corrected chi connectivity index (χ2v) is 8.66. The molecule has 5 rings (SSSR count). The van der Waals surface area contributed by atoms with Gasteiger partial charge in [0.1, 0.15) is 5.75 Å². The summed E-state index contributed by atoms with van der Waals surface area (Å²) in [6, 6.07) is 26.7. The lowest BCUT2D eigenvalue weighted by Gasteiger charge is -2.15. The summed E-state index contributed by atoms with van der Waals surface area (Å²) in [5.41, 5.74) is 7.40. The standard InChI is InChI=1S/C29H26N4O3/c1-19-8-6-12-22(16-19)28(34)32-33-26(21-11-7-13-23(17-21)36-2)18-24-25(30-31-27(24)29(33)35)15-14-20-9-4-3-5-10-20/h3-13,16-18H,14-15H2,1-2H3,(H,30,31)(H,32,34). The van der Waals surface area contributed by atoms with Gasteiger partial charge in [0.15, 0.2) is 5.52 Å². The van der Waals surface area contributed by atoms with E-state index in [4.69, 9.17) is 4.74 Å². The molecular weight excluding hydrogens is 452 g/mol. The van der Waals surface area contributed by atoms with Crippen molar-refractivity contribution in [2.75, 3.05) is 12.5 Å². The molecule has 2 heterocycles. The molecule has 36 heavy (non-hydrogen) atoms. The number of carbonyl (C=O) groups is 1. The van der Waals surface area contributed by atoms with Gasteiger partial charge in [-0.15, -0.1) is 0 Å². The average molecular weight is 479 g/mol. The number of benzene rings is 3. The van der Waals surface area contributed by atoms with E-state index in [1.807, 2.05) is 67.6 Å². The molecule has 7 heteroatoms. The molecule has 0 saturated heterocycles. The minimum Gasteiger partial charge on any atom is -0.497 e. The van der Waals surface area contributed by atoms with Crippen molar-refractivity contribution in [1.29, 1.82) is 0 Å². The lowest BCUT2D eigenvalue weighted by molar-refractivity contribution is 0.101. The van der Waals surface area contributed by atoms with Gasteiger partial charge in [-0.3, -0.25) is 20.1 Å². The zero-order valence-electron chi connectivity index (χ0n) is 20.1. The quantitative estimate of drug-likeness (QED) is 0.349. The average Bonchev–Trinajstić information content (AvgIpc) is 3.32. The highest BCUT2D eigenvalue weighted by Crippen LogP contribution is 2.26. The summed E-state index contributed by atoms with van der Waals surface area (Å²) in [5.74, 6) is 0.261. The van der Waals surface area contributed by atoms with Gasteiger partial charge in [0.25, 0.3) is 11.5 Å². The van der Waals surface area contributed by atoms with E-state index in [1.165, 1.54) is 10.2 Å². The first-order valence-corrected chi connectivity index (χ1v) is 11.7. The first-order valence-electron chi connectivity index (χ1n) is 11.7. The van der Waals surface area contributed by atoms with Crippen LogP contribution in [0, 0.1) is 6.92 Å². The van der Waals surface area contributed by atoms with Crippen LogP contribution in [0.3, 0.4) is 0 Å². The Morgan fingerprint density at radius 1 is 0.972 bits per heavy atom. The van der Waals surface area contributed by atoms with Crippen molar-refractivity contribution < 1.29 is 9.53 Å². The molecule has 0 atom stereocenters. The second-order valence-electron chi connectivity index (χ2n) is 8.66. The Kier molecular flexibility index (Phi) is 6.36. The maximum atomic E-state index is 13.6. The Morgan fingerprint density at radius 2 is 1.78 bits per heavy atom. The third-order valence-corrected chi connectivity index (χ3v) is 6.18. The fourth-order valence-electron chi connectivity index (χ4n) is 4.28. The van der Waals surface area contributed by atoms with E-state index >= 15 is 0 Å². The Balaban J connectivity index is 1.61. The summed E-state index contributed by atoms with van der Waals surface area (Å²) in [6.07, 6.45) is 1.50. The van der Waals surface area contributed by atoms with E-state index in [0.29, 0.717) is 23.4 Å². The zero-order valence-corrected chi connectivity index (χ0v) is 20.1. The first-order chi connectivity index (χ1) is 17.5. The van der Waals surface area contributed by atoms with E-state index in [0.717, 1.165) is 28.6 Å². The Bertz CT molecular complexity index is 1600. The van der Waals surface area contributed by atoms with Crippen LogP contribution in [0.15, 0.2) is 89.7 Å². The molecular formula is C29H26N4O3. The molecule has 3 aromatic carbocycles. The molecule has 0 aliphatic heterocycles. The Labute approximate surface area is 208 Å². The molecule has 7 nitrogen and oxygen atoms in total. The number of hydrogen-bond acceptors (Lipinski definition) is 4. The van der Waals surface area contributed by atoms with Crippen LogP contribution in [0.1, 0.15) is 27.2 Å². The SMILES string of the molecule is COc1cccc(-c2cc3c(CCc4ccccc4)[nH]nc3c(=O)n2NC(=O)c2cccc(C)c2)c1. The summed E-state index contributed by atoms with van der Waals surface area (Å²) in [4.78, 5) is 26.7. The maximum absolute atomic E-state index is 13.6. The van der Waals surface area contributed by atoms with Gasteiger partial charge in [-0.2, -0.15) is 5.10 Å². The number of fused-ring (bicyclic) bond motifs is 1. The topological polar surface area (TPSA) is 89.0 Å². The van der Waals surface area contributed by atoms with Gasteiger partial charge in [-0.05, 0) is 55.7 Å². The molecule has 1 amide bonds. The summed E-state index contributed by atoms with van der Waals surface area (Å²) in [7, 11) is 1.59. The van der Waals surface area contributed by atoms with Gasteiger partial charge in [0.2, 0.25) is 0 Å². The van der Waals surface area contributed by atoms with Gasteiger partial charge in [0.05, 0.1) is 12.8 Å². The van der Waals surface area contributed by atoms with E-state index < -0.39 is 5.56 Å². The minimum absolute atomic E-state index is 0.272. The van der Waals surface area contributed by atoms with Crippen LogP contribution in [0.4, 0.5) is 0 Å². The van der Waals surface area contributed by atoms with Crippen molar-refractivity contribution in [2.45, 2.75) is 19.8 Å². The summed E-state index contributed by atoms with van der Waals surface area (Å²) in [6.45, 7) is 1.91. The summed E-state index contributed by atoms with van der Waals surface area (Å²) < 4.78 is 6.67. The van der Waals surface area contributed by atoms with E-state index in [1.54, 1.807) is 19.2 Å². The van der Waals surface area contributed by atoms with Crippen LogP contribution in [0.25, 0.3) is 22.2 Å². The first kappa shape index (κ1) is 23.1. The number of aromatic amines is 1. The Hall–Kier alpha value is -4.65. The van der Waals surface area contributed by atoms with Gasteiger partial charge >= 0.3 is 0 Å². The molecule has 0 aliphatic rings. The van der Waals surface area contributed by atoms with E-state index in [9.17, 15) is 9.59 Å². The van der Waals surface area contributed by atoms with Crippen molar-refractivity contribution in [2.24, 2.45) is 0 Å². The molecule has 0 aliphatic carbocycles. The monoisotopic (exact) mass is 478 g/mol. The van der Waals surface area contributed by atoms with Crippen LogP contribution in [-0.4, -0.2) is 27.9 Å². The molecule has 0 fully saturated rings. The van der Waals surface area contributed by atoms with Gasteiger partial charge < -0.3 is 4.74 Å². The van der Waals surface area contributed by atoms with Gasteiger partial charge in [0, 0.05) is 22.2 Å². The number of rotatable bonds is 7. The second kappa shape index (κ2) is 9.92. The zero-order chi connectivity index (χ0) is 25.1. The number of carbonyl (C=O) groups excluding carboxylic acids is 1. The Morgan fingerprint density at radius 3 is 2.56 bits per heavy atom. The van der Waals surface area contributed by atoms with Crippen molar-refractivity contribution >= 4 is 16.8 Å². The van der Waals surface area contributed by atoms with Crippen LogP contribution in [-0.2, 0) is 12.8 Å². The summed E-state index contributed by atoms with van der Waals surface area (Å²) in [5, 5.41) is 8.10. The number of nitrogens with zero attached hydrogens (tertiary/aromatic N) is 2. The number of pyridine rings is 1. The molecule has 180 valence electrons. The van der Waals surface area contributed by atoms with E-state index in [2.05, 4.69) is 27.8 Å². The van der Waals surface area contributed by atoms with Crippen molar-refractivity contribution in [3.63, 3.8) is 0 Å². The predicted octanol–water partition coefficient (Wildman–Crippen LogP) is 4.88. The fraction of sp³-hybridized carbons (Fsp3) is 0.138. The number of methoxy groups -OCH3 is 1. The normalized spacial score (nSPS) is 10.9. The number of aryl methyl sites for hydroxylation is 3. The third kappa shape index (κ3) is 4.63. The lowest BCUT2D eigenvalue weighted by atomic mass is 10.0. The maximum Gasteiger partial charge on any atom is 0.298 e. The molecule has 5 aromatic rings. The van der Waals surface area contributed by atoms with Crippen LogP contribution in [0.2, 0.25) is 0 Å². The predicted molar refractivity (Wildman–Crippen MR) is 141 cm³/mol. The third-order valence-electron chi connectivity index (χ3n) is 6.18. The highest BCUT2D eigenvalue weighted by Gasteiger charge is 2.19. The smallest absolute Gasteiger partial charge is 0.298 e. The van der Waals surface area contributed by atoms with Crippen molar-refractivity contribution in [3.8, 4) is 17.0 Å². The number of hydrogen-bond donors (Lipinski definition) is 2. The number of nitrogens with one attached hydrogen (secondary N) is 2. The van der Waals surface area contributed by atoms with Crippen LogP contribution in [0.5, 0.6) is 5.75 Å². The van der Waals surface area contributed by atoms with Crippen LogP contribution >= 0.6 is 0 Å². The molecule has 0 spiro atoms. The number of H-pyrrole nitrogens is 1. The fourth-order valence-corrected chi connectivity index (χ4v) is 4.28. The molecule has 0 unspecified atom stereocenters. The minimum atomic E-state index is -0.409.